The summed E-state index contributed by atoms with van der Waals surface area (Å²) in [6.07, 6.45) is 0.498. The normalized spacial score (nSPS) is 17.5. The topological polar surface area (TPSA) is 132 Å². The smallest absolute Gasteiger partial charge is 0.255 e. The van der Waals surface area contributed by atoms with Crippen LogP contribution in [0.4, 0.5) is 10.1 Å². The maximum absolute atomic E-state index is 13.2. The third kappa shape index (κ3) is 6.13. The molecule has 0 radical (unpaired) electrons. The van der Waals surface area contributed by atoms with Gasteiger partial charge in [-0.05, 0) is 61.5 Å². The lowest BCUT2D eigenvalue weighted by molar-refractivity contribution is 0.0193. The molecule has 2 atom stereocenters. The lowest BCUT2D eigenvalue weighted by Crippen LogP contribution is -2.39. The van der Waals surface area contributed by atoms with Crippen LogP contribution in [0.3, 0.4) is 0 Å². The van der Waals surface area contributed by atoms with Crippen LogP contribution in [-0.2, 0) is 24.6 Å². The summed E-state index contributed by atoms with van der Waals surface area (Å²) in [6, 6.07) is 15.5. The fraction of sp³-hybridized carbons (Fsp3) is 0.276. The number of nitrogens with zero attached hydrogens (tertiary/aromatic N) is 1. The van der Waals surface area contributed by atoms with Crippen molar-refractivity contribution in [3.63, 3.8) is 0 Å². The van der Waals surface area contributed by atoms with Gasteiger partial charge in [0.25, 0.3) is 5.91 Å². The molecule has 10 nitrogen and oxygen atoms in total. The molecule has 0 fully saturated rings. The van der Waals surface area contributed by atoms with Crippen LogP contribution in [0, 0.1) is 5.82 Å². The maximum Gasteiger partial charge on any atom is 0.255 e. The molecule has 4 aromatic rings. The van der Waals surface area contributed by atoms with Gasteiger partial charge in [0.2, 0.25) is 10.0 Å². The monoisotopic (exact) mass is 616 g/mol. The number of hydrogen-bond donors (Lipinski definition) is 1. The molecule has 0 saturated carbocycles. The molecule has 13 heteroatoms. The Morgan fingerprint density at radius 2 is 1.64 bits per heavy atom. The lowest BCUT2D eigenvalue weighted by atomic mass is 10.0. The van der Waals surface area contributed by atoms with Crippen LogP contribution in [0.5, 0.6) is 11.5 Å². The van der Waals surface area contributed by atoms with E-state index in [4.69, 9.17) is 13.9 Å². The van der Waals surface area contributed by atoms with Gasteiger partial charge in [-0.3, -0.25) is 9.10 Å². The Hall–Kier alpha value is -3.94. The van der Waals surface area contributed by atoms with E-state index < -0.39 is 38.0 Å². The second-order valence-corrected chi connectivity index (χ2v) is 14.3. The summed E-state index contributed by atoms with van der Waals surface area (Å²) in [6.45, 7) is 1.49. The van der Waals surface area contributed by atoms with Gasteiger partial charge in [-0.1, -0.05) is 0 Å². The number of benzene rings is 3. The highest BCUT2D eigenvalue weighted by atomic mass is 32.2. The van der Waals surface area contributed by atoms with E-state index in [1.807, 2.05) is 0 Å². The van der Waals surface area contributed by atoms with Crippen LogP contribution in [-0.4, -0.2) is 60.7 Å². The van der Waals surface area contributed by atoms with Gasteiger partial charge >= 0.3 is 0 Å². The van der Waals surface area contributed by atoms with Gasteiger partial charge in [0.15, 0.2) is 0 Å². The molecule has 3 aromatic carbocycles. The van der Waals surface area contributed by atoms with Gasteiger partial charge in [0.1, 0.15) is 38.5 Å². The molecule has 0 spiro atoms. The number of sulfone groups is 1. The van der Waals surface area contributed by atoms with E-state index in [1.54, 1.807) is 37.3 Å². The van der Waals surface area contributed by atoms with Crippen LogP contribution in [0.25, 0.3) is 22.3 Å². The van der Waals surface area contributed by atoms with Crippen molar-refractivity contribution in [1.82, 2.24) is 5.32 Å². The van der Waals surface area contributed by atoms with Crippen LogP contribution < -0.4 is 14.4 Å². The van der Waals surface area contributed by atoms with E-state index in [0.717, 1.165) is 16.8 Å². The number of halogens is 1. The van der Waals surface area contributed by atoms with Crippen LogP contribution in [0.15, 0.2) is 65.1 Å². The van der Waals surface area contributed by atoms with Crippen molar-refractivity contribution in [2.24, 2.45) is 0 Å². The molecular weight excluding hydrogens is 587 g/mol. The molecule has 1 aliphatic rings. The standard InChI is InChI=1S/C29H29FN2O8S2/c1-17-23-13-24-26(14-25(23)32(42(4,36)37)15-22(38-17)16-41(3,34)35)40-28(27(24)29(33)31-2)18-5-9-20(10-6-18)39-21-11-7-19(30)8-12-21/h5-14,17,22H,15-16H2,1-4H3,(H,31,33)/t17-,22-/m1/s1. The lowest BCUT2D eigenvalue weighted by Gasteiger charge is -2.24. The molecule has 0 bridgehead atoms. The highest BCUT2D eigenvalue weighted by Gasteiger charge is 2.35. The number of amides is 1. The first-order valence-corrected chi connectivity index (χ1v) is 16.8. The first kappa shape index (κ1) is 29.5. The number of ether oxygens (including phenoxy) is 2. The minimum atomic E-state index is -3.85. The molecule has 0 saturated heterocycles. The molecule has 222 valence electrons. The predicted octanol–water partition coefficient (Wildman–Crippen LogP) is 4.66. The van der Waals surface area contributed by atoms with Gasteiger partial charge in [0.05, 0.1) is 42.0 Å². The first-order chi connectivity index (χ1) is 19.7. The minimum absolute atomic E-state index is 0.208. The number of sulfonamides is 1. The van der Waals surface area contributed by atoms with E-state index in [2.05, 4.69) is 5.32 Å². The van der Waals surface area contributed by atoms with Crippen molar-refractivity contribution in [2.75, 3.05) is 36.2 Å². The molecule has 1 aliphatic heterocycles. The molecular formula is C29H29FN2O8S2. The van der Waals surface area contributed by atoms with Crippen molar-refractivity contribution < 1.29 is 39.9 Å². The van der Waals surface area contributed by atoms with Crippen molar-refractivity contribution in [3.8, 4) is 22.8 Å². The Balaban J connectivity index is 1.60. The second-order valence-electron chi connectivity index (χ2n) is 10.2. The summed E-state index contributed by atoms with van der Waals surface area (Å²) < 4.78 is 82.1. The van der Waals surface area contributed by atoms with Crippen LogP contribution in [0.1, 0.15) is 28.9 Å². The van der Waals surface area contributed by atoms with Gasteiger partial charge in [-0.2, -0.15) is 0 Å². The summed E-state index contributed by atoms with van der Waals surface area (Å²) in [5.41, 5.74) is 1.79. The zero-order chi connectivity index (χ0) is 30.4. The quantitative estimate of drug-likeness (QED) is 0.317. The molecule has 1 N–H and O–H groups in total. The fourth-order valence-corrected chi connectivity index (χ4v) is 6.80. The zero-order valence-electron chi connectivity index (χ0n) is 23.3. The molecule has 2 heterocycles. The average molecular weight is 617 g/mol. The average Bonchev–Trinajstić information content (AvgIpc) is 3.22. The number of rotatable bonds is 7. The number of hydrogen-bond acceptors (Lipinski definition) is 8. The molecule has 0 aliphatic carbocycles. The molecule has 1 aromatic heterocycles. The largest absolute Gasteiger partial charge is 0.457 e. The molecule has 0 unspecified atom stereocenters. The van der Waals surface area contributed by atoms with Gasteiger partial charge in [0, 0.05) is 35.9 Å². The Labute approximate surface area is 243 Å². The maximum atomic E-state index is 13.2. The van der Waals surface area contributed by atoms with E-state index in [0.29, 0.717) is 28.0 Å². The predicted molar refractivity (Wildman–Crippen MR) is 157 cm³/mol. The van der Waals surface area contributed by atoms with Crippen LogP contribution in [0.2, 0.25) is 0 Å². The van der Waals surface area contributed by atoms with Crippen molar-refractivity contribution in [1.29, 1.82) is 0 Å². The zero-order valence-corrected chi connectivity index (χ0v) is 24.9. The van der Waals surface area contributed by atoms with Crippen molar-refractivity contribution >= 4 is 42.4 Å². The number of anilines is 1. The summed E-state index contributed by atoms with van der Waals surface area (Å²) in [5.74, 6) is 0.0249. The summed E-state index contributed by atoms with van der Waals surface area (Å²) in [7, 11) is -5.83. The van der Waals surface area contributed by atoms with E-state index in [1.165, 1.54) is 37.4 Å². The molecule has 5 rings (SSSR count). The Morgan fingerprint density at radius 3 is 2.21 bits per heavy atom. The van der Waals surface area contributed by atoms with Crippen molar-refractivity contribution in [3.05, 3.63) is 77.6 Å². The summed E-state index contributed by atoms with van der Waals surface area (Å²) in [4.78, 5) is 13.1. The third-order valence-electron chi connectivity index (χ3n) is 6.82. The number of carbonyl (C=O) groups excluding carboxylic acids is 1. The SMILES string of the molecule is CNC(=O)c1c(-c2ccc(Oc3ccc(F)cc3)cc2)oc2cc3c(cc12)[C@@H](C)O[C@@H](CS(C)(=O)=O)CN3S(C)(=O)=O. The van der Waals surface area contributed by atoms with E-state index in [-0.39, 0.29) is 40.7 Å². The third-order valence-corrected chi connectivity index (χ3v) is 8.94. The highest BCUT2D eigenvalue weighted by Crippen LogP contribution is 2.42. The number of carbonyl (C=O) groups is 1. The van der Waals surface area contributed by atoms with Crippen LogP contribution >= 0.6 is 0 Å². The molecule has 42 heavy (non-hydrogen) atoms. The Kier molecular flexibility index (Phi) is 7.77. The van der Waals surface area contributed by atoms with Gasteiger partial charge < -0.3 is 19.2 Å². The Morgan fingerprint density at radius 1 is 1.02 bits per heavy atom. The highest BCUT2D eigenvalue weighted by molar-refractivity contribution is 7.92. The van der Waals surface area contributed by atoms with Gasteiger partial charge in [-0.25, -0.2) is 21.2 Å². The summed E-state index contributed by atoms with van der Waals surface area (Å²) >= 11 is 0. The summed E-state index contributed by atoms with van der Waals surface area (Å²) in [5, 5.41) is 3.06. The number of fused-ring (bicyclic) bond motifs is 2. The number of nitrogens with one attached hydrogen (secondary N) is 1. The number of furan rings is 1. The van der Waals surface area contributed by atoms with Crippen molar-refractivity contribution in [2.45, 2.75) is 19.1 Å². The minimum Gasteiger partial charge on any atom is -0.457 e. The molecule has 1 amide bonds. The second kappa shape index (κ2) is 11.0. The first-order valence-electron chi connectivity index (χ1n) is 12.9. The Bertz CT molecular complexity index is 1870. The fourth-order valence-electron chi connectivity index (χ4n) is 4.99. The van der Waals surface area contributed by atoms with E-state index in [9.17, 15) is 26.0 Å². The van der Waals surface area contributed by atoms with E-state index >= 15 is 0 Å². The van der Waals surface area contributed by atoms with Gasteiger partial charge in [-0.15, -0.1) is 0 Å².